The van der Waals surface area contributed by atoms with Gasteiger partial charge in [-0.3, -0.25) is 4.79 Å². The number of nitrogens with one attached hydrogen (secondary N) is 1. The Morgan fingerprint density at radius 1 is 1.11 bits per heavy atom. The second-order valence-corrected chi connectivity index (χ2v) is 8.69. The molecule has 1 N–H and O–H groups in total. The largest absolute Gasteiger partial charge is 0.497 e. The van der Waals surface area contributed by atoms with Gasteiger partial charge >= 0.3 is 0 Å². The molecule has 0 saturated carbocycles. The zero-order valence-corrected chi connectivity index (χ0v) is 16.1. The summed E-state index contributed by atoms with van der Waals surface area (Å²) < 4.78 is 30.8. The zero-order valence-electron chi connectivity index (χ0n) is 15.3. The van der Waals surface area contributed by atoms with Gasteiger partial charge in [-0.1, -0.05) is 30.3 Å². The minimum Gasteiger partial charge on any atom is -0.497 e. The molecule has 28 heavy (non-hydrogen) atoms. The van der Waals surface area contributed by atoms with Crippen LogP contribution in [0.3, 0.4) is 0 Å². The predicted octanol–water partition coefficient (Wildman–Crippen LogP) is 2.49. The SMILES string of the molecule is COc1ccc(-n2nc3c(c2NC(=O)Cc2ccccc2)CS(=O)(=O)C3)cc1. The van der Waals surface area contributed by atoms with Gasteiger partial charge in [-0.05, 0) is 29.8 Å². The summed E-state index contributed by atoms with van der Waals surface area (Å²) in [7, 11) is -1.66. The van der Waals surface area contributed by atoms with E-state index in [0.29, 0.717) is 28.5 Å². The first-order valence-electron chi connectivity index (χ1n) is 8.74. The van der Waals surface area contributed by atoms with Crippen molar-refractivity contribution in [3.63, 3.8) is 0 Å². The lowest BCUT2D eigenvalue weighted by atomic mass is 10.1. The first kappa shape index (κ1) is 18.2. The lowest BCUT2D eigenvalue weighted by Crippen LogP contribution is -2.18. The van der Waals surface area contributed by atoms with Crippen molar-refractivity contribution in [3.05, 3.63) is 71.4 Å². The van der Waals surface area contributed by atoms with Crippen molar-refractivity contribution in [2.45, 2.75) is 17.9 Å². The highest BCUT2D eigenvalue weighted by Gasteiger charge is 2.33. The van der Waals surface area contributed by atoms with E-state index >= 15 is 0 Å². The molecule has 2 heterocycles. The lowest BCUT2D eigenvalue weighted by molar-refractivity contribution is -0.115. The smallest absolute Gasteiger partial charge is 0.229 e. The molecule has 0 bridgehead atoms. The number of carbonyl (C=O) groups is 1. The lowest BCUT2D eigenvalue weighted by Gasteiger charge is -2.12. The maximum absolute atomic E-state index is 12.6. The van der Waals surface area contributed by atoms with E-state index in [4.69, 9.17) is 4.74 Å². The molecule has 0 spiro atoms. The van der Waals surface area contributed by atoms with Gasteiger partial charge in [0.05, 0.1) is 36.4 Å². The highest BCUT2D eigenvalue weighted by molar-refractivity contribution is 7.90. The van der Waals surface area contributed by atoms with E-state index in [1.54, 1.807) is 23.9 Å². The van der Waals surface area contributed by atoms with Crippen LogP contribution in [0.15, 0.2) is 54.6 Å². The summed E-state index contributed by atoms with van der Waals surface area (Å²) in [5.41, 5.74) is 2.62. The Kier molecular flexibility index (Phi) is 4.64. The van der Waals surface area contributed by atoms with Crippen LogP contribution in [0, 0.1) is 0 Å². The van der Waals surface area contributed by atoms with Crippen LogP contribution in [0.5, 0.6) is 5.75 Å². The van der Waals surface area contributed by atoms with E-state index in [2.05, 4.69) is 10.4 Å². The first-order chi connectivity index (χ1) is 13.4. The number of anilines is 1. The molecule has 0 fully saturated rings. The molecular formula is C20H19N3O4S. The van der Waals surface area contributed by atoms with Gasteiger partial charge in [0.1, 0.15) is 11.6 Å². The van der Waals surface area contributed by atoms with Crippen LogP contribution in [0.25, 0.3) is 5.69 Å². The van der Waals surface area contributed by atoms with Crippen molar-refractivity contribution in [1.82, 2.24) is 9.78 Å². The number of benzene rings is 2. The van der Waals surface area contributed by atoms with Gasteiger partial charge in [-0.15, -0.1) is 0 Å². The molecule has 1 amide bonds. The number of sulfone groups is 1. The number of nitrogens with zero attached hydrogens (tertiary/aromatic N) is 2. The Bertz CT molecular complexity index is 1120. The fourth-order valence-corrected chi connectivity index (χ4v) is 4.73. The van der Waals surface area contributed by atoms with Crippen LogP contribution in [0.4, 0.5) is 5.82 Å². The number of hydrogen-bond donors (Lipinski definition) is 1. The summed E-state index contributed by atoms with van der Waals surface area (Å²) >= 11 is 0. The van der Waals surface area contributed by atoms with Gasteiger partial charge in [0.15, 0.2) is 9.84 Å². The van der Waals surface area contributed by atoms with Crippen LogP contribution in [0.2, 0.25) is 0 Å². The third kappa shape index (κ3) is 3.63. The minimum absolute atomic E-state index is 0.118. The third-order valence-electron chi connectivity index (χ3n) is 4.57. The second kappa shape index (κ2) is 7.12. The van der Waals surface area contributed by atoms with Crippen molar-refractivity contribution in [1.29, 1.82) is 0 Å². The minimum atomic E-state index is -3.24. The second-order valence-electron chi connectivity index (χ2n) is 6.63. The molecule has 1 aromatic heterocycles. The number of fused-ring (bicyclic) bond motifs is 1. The summed E-state index contributed by atoms with van der Waals surface area (Å²) in [6.45, 7) is 0. The van der Waals surface area contributed by atoms with Gasteiger partial charge in [-0.2, -0.15) is 5.10 Å². The third-order valence-corrected chi connectivity index (χ3v) is 6.01. The Morgan fingerprint density at radius 2 is 1.82 bits per heavy atom. The summed E-state index contributed by atoms with van der Waals surface area (Å²) in [6.07, 6.45) is 0.191. The van der Waals surface area contributed by atoms with Gasteiger partial charge in [0.25, 0.3) is 0 Å². The van der Waals surface area contributed by atoms with E-state index in [1.165, 1.54) is 0 Å². The van der Waals surface area contributed by atoms with E-state index in [0.717, 1.165) is 5.56 Å². The van der Waals surface area contributed by atoms with Crippen LogP contribution in [-0.4, -0.2) is 31.2 Å². The Balaban J connectivity index is 1.68. The Hall–Kier alpha value is -3.13. The number of methoxy groups -OCH3 is 1. The molecule has 0 radical (unpaired) electrons. The molecule has 3 aromatic rings. The average Bonchev–Trinajstić information content (AvgIpc) is 3.15. The van der Waals surface area contributed by atoms with Crippen LogP contribution in [-0.2, 0) is 32.6 Å². The number of ether oxygens (including phenoxy) is 1. The summed E-state index contributed by atoms with van der Waals surface area (Å²) in [5, 5.41) is 7.32. The summed E-state index contributed by atoms with van der Waals surface area (Å²) in [6, 6.07) is 16.6. The van der Waals surface area contributed by atoms with Crippen LogP contribution in [0.1, 0.15) is 16.8 Å². The monoisotopic (exact) mass is 397 g/mol. The molecule has 7 nitrogen and oxygen atoms in total. The van der Waals surface area contributed by atoms with Crippen molar-refractivity contribution < 1.29 is 17.9 Å². The number of carbonyl (C=O) groups excluding carboxylic acids is 1. The van der Waals surface area contributed by atoms with Crippen LogP contribution < -0.4 is 10.1 Å². The van der Waals surface area contributed by atoms with Gasteiger partial charge < -0.3 is 10.1 Å². The van der Waals surface area contributed by atoms with Gasteiger partial charge in [0.2, 0.25) is 5.91 Å². The molecule has 2 aromatic carbocycles. The molecule has 144 valence electrons. The highest BCUT2D eigenvalue weighted by atomic mass is 32.2. The Labute approximate surface area is 162 Å². The quantitative estimate of drug-likeness (QED) is 0.714. The van der Waals surface area contributed by atoms with E-state index in [-0.39, 0.29) is 23.8 Å². The van der Waals surface area contributed by atoms with E-state index in [1.807, 2.05) is 42.5 Å². The molecule has 0 atom stereocenters. The van der Waals surface area contributed by atoms with E-state index < -0.39 is 9.84 Å². The zero-order chi connectivity index (χ0) is 19.7. The molecule has 1 aliphatic rings. The number of hydrogen-bond acceptors (Lipinski definition) is 5. The van der Waals surface area contributed by atoms with Gasteiger partial charge in [-0.25, -0.2) is 13.1 Å². The first-order valence-corrected chi connectivity index (χ1v) is 10.6. The van der Waals surface area contributed by atoms with Crippen molar-refractivity contribution >= 4 is 21.6 Å². The molecule has 0 aliphatic carbocycles. The molecule has 4 rings (SSSR count). The van der Waals surface area contributed by atoms with Crippen molar-refractivity contribution in [2.24, 2.45) is 0 Å². The molecule has 1 aliphatic heterocycles. The average molecular weight is 397 g/mol. The molecular weight excluding hydrogens is 378 g/mol. The van der Waals surface area contributed by atoms with Gasteiger partial charge in [0, 0.05) is 5.56 Å². The molecule has 0 saturated heterocycles. The maximum atomic E-state index is 12.6. The topological polar surface area (TPSA) is 90.3 Å². The number of rotatable bonds is 5. The van der Waals surface area contributed by atoms with E-state index in [9.17, 15) is 13.2 Å². The van der Waals surface area contributed by atoms with Crippen molar-refractivity contribution in [2.75, 3.05) is 12.4 Å². The normalized spacial score (nSPS) is 14.5. The predicted molar refractivity (Wildman–Crippen MR) is 105 cm³/mol. The number of amides is 1. The van der Waals surface area contributed by atoms with Crippen molar-refractivity contribution in [3.8, 4) is 11.4 Å². The molecule has 8 heteroatoms. The standard InChI is InChI=1S/C20H19N3O4S/c1-27-16-9-7-15(8-10-16)23-20(17-12-28(25,26)13-18(17)22-23)21-19(24)11-14-5-3-2-4-6-14/h2-10H,11-13H2,1H3,(H,21,24). The van der Waals surface area contributed by atoms with Crippen LogP contribution >= 0.6 is 0 Å². The summed E-state index contributed by atoms with van der Waals surface area (Å²) in [5.74, 6) is 0.628. The fraction of sp³-hybridized carbons (Fsp3) is 0.200. The fourth-order valence-electron chi connectivity index (χ4n) is 3.24. The maximum Gasteiger partial charge on any atom is 0.229 e. The number of aromatic nitrogens is 2. The highest BCUT2D eigenvalue weighted by Crippen LogP contribution is 2.33. The summed E-state index contributed by atoms with van der Waals surface area (Å²) in [4.78, 5) is 12.6. The molecule has 0 unspecified atom stereocenters. The Morgan fingerprint density at radius 3 is 2.50 bits per heavy atom.